The molecule has 0 bridgehead atoms. The lowest BCUT2D eigenvalue weighted by Crippen LogP contribution is -2.03. The summed E-state index contributed by atoms with van der Waals surface area (Å²) in [4.78, 5) is 10.5. The highest BCUT2D eigenvalue weighted by atomic mass is 32.2. The SMILES string of the molecule is COC(=O)/C=C(/C)OS(C)(=O)=O. The van der Waals surface area contributed by atoms with E-state index in [1.165, 1.54) is 14.0 Å². The first-order chi connectivity index (χ1) is 5.35. The number of hydrogen-bond donors (Lipinski definition) is 0. The summed E-state index contributed by atoms with van der Waals surface area (Å²) in [7, 11) is -2.37. The molecule has 12 heavy (non-hydrogen) atoms. The number of carbonyl (C=O) groups is 1. The zero-order valence-corrected chi connectivity index (χ0v) is 7.84. The van der Waals surface area contributed by atoms with Gasteiger partial charge in [0.25, 0.3) is 0 Å². The van der Waals surface area contributed by atoms with Crippen molar-refractivity contribution in [3.05, 3.63) is 11.8 Å². The van der Waals surface area contributed by atoms with Gasteiger partial charge in [-0.05, 0) is 6.92 Å². The second-order valence-corrected chi connectivity index (χ2v) is 3.64. The quantitative estimate of drug-likeness (QED) is 0.274. The van der Waals surface area contributed by atoms with E-state index in [2.05, 4.69) is 8.92 Å². The van der Waals surface area contributed by atoms with Crippen LogP contribution >= 0.6 is 0 Å². The molecule has 0 rings (SSSR count). The van der Waals surface area contributed by atoms with Gasteiger partial charge < -0.3 is 8.92 Å². The minimum atomic E-state index is -3.55. The zero-order chi connectivity index (χ0) is 9.78. The lowest BCUT2D eigenvalue weighted by molar-refractivity contribution is -0.135. The third-order valence-electron chi connectivity index (χ3n) is 0.805. The molecule has 0 heterocycles. The molecule has 0 aliphatic heterocycles. The Morgan fingerprint density at radius 3 is 2.25 bits per heavy atom. The van der Waals surface area contributed by atoms with Gasteiger partial charge in [-0.1, -0.05) is 0 Å². The molecule has 0 radical (unpaired) electrons. The lowest BCUT2D eigenvalue weighted by Gasteiger charge is -2.00. The maximum atomic E-state index is 10.5. The van der Waals surface area contributed by atoms with Gasteiger partial charge in [0.1, 0.15) is 5.76 Å². The monoisotopic (exact) mass is 194 g/mol. The number of carbonyl (C=O) groups excluding carboxylic acids is 1. The zero-order valence-electron chi connectivity index (χ0n) is 7.03. The van der Waals surface area contributed by atoms with Gasteiger partial charge in [0.2, 0.25) is 0 Å². The molecule has 0 atom stereocenters. The average Bonchev–Trinajstić information content (AvgIpc) is 1.82. The minimum Gasteiger partial charge on any atom is -0.466 e. The smallest absolute Gasteiger partial charge is 0.333 e. The molecule has 0 aliphatic rings. The number of ether oxygens (including phenoxy) is 1. The maximum Gasteiger partial charge on any atom is 0.333 e. The number of hydrogen-bond acceptors (Lipinski definition) is 5. The van der Waals surface area contributed by atoms with Gasteiger partial charge in [0, 0.05) is 0 Å². The molecule has 70 valence electrons. The summed E-state index contributed by atoms with van der Waals surface area (Å²) in [5.41, 5.74) is 0. The van der Waals surface area contributed by atoms with E-state index in [1.807, 2.05) is 0 Å². The van der Waals surface area contributed by atoms with Crippen LogP contribution in [0.5, 0.6) is 0 Å². The first kappa shape index (κ1) is 11.0. The fraction of sp³-hybridized carbons (Fsp3) is 0.500. The van der Waals surface area contributed by atoms with Gasteiger partial charge in [-0.3, -0.25) is 0 Å². The van der Waals surface area contributed by atoms with Crippen LogP contribution in [-0.4, -0.2) is 27.8 Å². The Balaban J connectivity index is 4.32. The van der Waals surface area contributed by atoms with E-state index in [-0.39, 0.29) is 5.76 Å². The van der Waals surface area contributed by atoms with Crippen LogP contribution in [0.3, 0.4) is 0 Å². The molecule has 0 fully saturated rings. The van der Waals surface area contributed by atoms with E-state index in [1.54, 1.807) is 0 Å². The van der Waals surface area contributed by atoms with E-state index >= 15 is 0 Å². The van der Waals surface area contributed by atoms with Crippen molar-refractivity contribution in [1.29, 1.82) is 0 Å². The molecule has 0 aromatic rings. The predicted octanol–water partition coefficient (Wildman–Crippen LogP) is 0.0394. The fourth-order valence-electron chi connectivity index (χ4n) is 0.488. The van der Waals surface area contributed by atoms with Crippen LogP contribution in [-0.2, 0) is 23.8 Å². The van der Waals surface area contributed by atoms with E-state index < -0.39 is 16.1 Å². The van der Waals surface area contributed by atoms with Gasteiger partial charge in [0.05, 0.1) is 19.4 Å². The van der Waals surface area contributed by atoms with Crippen LogP contribution in [0.2, 0.25) is 0 Å². The molecule has 0 aromatic carbocycles. The normalized spacial score (nSPS) is 12.4. The summed E-state index contributed by atoms with van der Waals surface area (Å²) in [6.45, 7) is 1.35. The van der Waals surface area contributed by atoms with Gasteiger partial charge in [-0.15, -0.1) is 0 Å². The largest absolute Gasteiger partial charge is 0.466 e. The highest BCUT2D eigenvalue weighted by Gasteiger charge is 2.04. The Kier molecular flexibility index (Phi) is 3.75. The molecule has 0 aromatic heterocycles. The summed E-state index contributed by atoms with van der Waals surface area (Å²) in [5, 5.41) is 0. The maximum absolute atomic E-state index is 10.5. The Morgan fingerprint density at radius 1 is 1.42 bits per heavy atom. The van der Waals surface area contributed by atoms with E-state index in [0.29, 0.717) is 0 Å². The van der Waals surface area contributed by atoms with E-state index in [0.717, 1.165) is 12.3 Å². The summed E-state index contributed by atoms with van der Waals surface area (Å²) in [5.74, 6) is -0.680. The third kappa shape index (κ3) is 5.72. The van der Waals surface area contributed by atoms with Gasteiger partial charge in [-0.25, -0.2) is 4.79 Å². The minimum absolute atomic E-state index is 0.0237. The standard InChI is InChI=1S/C6H10O5S/c1-5(4-6(7)10-2)11-12(3,8)9/h4H,1-3H3/b5-4-. The van der Waals surface area contributed by atoms with E-state index in [4.69, 9.17) is 0 Å². The fourth-order valence-corrected chi connectivity index (χ4v) is 1.01. The molecule has 0 amide bonds. The Morgan fingerprint density at radius 2 is 1.92 bits per heavy atom. The molecule has 0 saturated heterocycles. The van der Waals surface area contributed by atoms with Crippen LogP contribution < -0.4 is 0 Å². The molecular formula is C6H10O5S. The second-order valence-electron chi connectivity index (χ2n) is 2.07. The van der Waals surface area contributed by atoms with Gasteiger partial charge in [-0.2, -0.15) is 8.42 Å². The topological polar surface area (TPSA) is 69.7 Å². The second kappa shape index (κ2) is 4.10. The van der Waals surface area contributed by atoms with Crippen LogP contribution in [0.25, 0.3) is 0 Å². The first-order valence-corrected chi connectivity index (χ1v) is 4.82. The highest BCUT2D eigenvalue weighted by Crippen LogP contribution is 2.00. The number of rotatable bonds is 3. The van der Waals surface area contributed by atoms with Crippen molar-refractivity contribution in [2.24, 2.45) is 0 Å². The summed E-state index contributed by atoms with van der Waals surface area (Å²) >= 11 is 0. The van der Waals surface area contributed by atoms with Crippen molar-refractivity contribution in [1.82, 2.24) is 0 Å². The van der Waals surface area contributed by atoms with Crippen LogP contribution in [0.4, 0.5) is 0 Å². The van der Waals surface area contributed by atoms with Gasteiger partial charge >= 0.3 is 16.1 Å². The number of allylic oxidation sites excluding steroid dienone is 1. The first-order valence-electron chi connectivity index (χ1n) is 3.01. The lowest BCUT2D eigenvalue weighted by atomic mass is 10.5. The molecule has 0 saturated carbocycles. The molecule has 6 heteroatoms. The molecule has 5 nitrogen and oxygen atoms in total. The van der Waals surface area contributed by atoms with Crippen molar-refractivity contribution < 1.29 is 22.1 Å². The van der Waals surface area contributed by atoms with Crippen LogP contribution in [0.15, 0.2) is 11.8 Å². The Hall–Kier alpha value is -1.04. The predicted molar refractivity (Wildman–Crippen MR) is 41.7 cm³/mol. The summed E-state index contributed by atoms with van der Waals surface area (Å²) < 4.78 is 29.6. The van der Waals surface area contributed by atoms with Crippen molar-refractivity contribution in [3.63, 3.8) is 0 Å². The molecule has 0 unspecified atom stereocenters. The van der Waals surface area contributed by atoms with E-state index in [9.17, 15) is 13.2 Å². The summed E-state index contributed by atoms with van der Waals surface area (Å²) in [6, 6.07) is 0. The molecule has 0 aliphatic carbocycles. The number of methoxy groups -OCH3 is 1. The van der Waals surface area contributed by atoms with Crippen LogP contribution in [0.1, 0.15) is 6.92 Å². The van der Waals surface area contributed by atoms with Gasteiger partial charge in [0.15, 0.2) is 0 Å². The number of esters is 1. The third-order valence-corrected chi connectivity index (χ3v) is 1.37. The molecule has 0 N–H and O–H groups in total. The Labute approximate surface area is 71.1 Å². The van der Waals surface area contributed by atoms with Crippen molar-refractivity contribution in [2.45, 2.75) is 6.92 Å². The average molecular weight is 194 g/mol. The van der Waals surface area contributed by atoms with Crippen molar-refractivity contribution in [2.75, 3.05) is 13.4 Å². The van der Waals surface area contributed by atoms with Crippen molar-refractivity contribution >= 4 is 16.1 Å². The summed E-state index contributed by atoms with van der Waals surface area (Å²) in [6.07, 6.45) is 1.84. The molecule has 0 spiro atoms. The molecular weight excluding hydrogens is 184 g/mol. The highest BCUT2D eigenvalue weighted by molar-refractivity contribution is 7.86. The van der Waals surface area contributed by atoms with Crippen molar-refractivity contribution in [3.8, 4) is 0 Å². The Bertz CT molecular complexity index is 287. The van der Waals surface area contributed by atoms with Crippen LogP contribution in [0, 0.1) is 0 Å².